The van der Waals surface area contributed by atoms with Crippen LogP contribution in [0, 0.1) is 5.92 Å². The van der Waals surface area contributed by atoms with Crippen molar-refractivity contribution in [1.82, 2.24) is 10.2 Å². The van der Waals surface area contributed by atoms with E-state index in [-0.39, 0.29) is 17.9 Å². The van der Waals surface area contributed by atoms with Crippen molar-refractivity contribution in [2.24, 2.45) is 5.92 Å². The van der Waals surface area contributed by atoms with Crippen molar-refractivity contribution in [3.8, 4) is 0 Å². The van der Waals surface area contributed by atoms with Gasteiger partial charge in [-0.05, 0) is 56.4 Å². The van der Waals surface area contributed by atoms with Crippen molar-refractivity contribution in [3.63, 3.8) is 0 Å². The Morgan fingerprint density at radius 1 is 1.24 bits per heavy atom. The molecule has 3 amide bonds. The fourth-order valence-corrected chi connectivity index (χ4v) is 3.76. The quantitative estimate of drug-likeness (QED) is 0.885. The third-order valence-electron chi connectivity index (χ3n) is 5.11. The molecule has 0 spiro atoms. The Kier molecular flexibility index (Phi) is 5.46. The van der Waals surface area contributed by atoms with E-state index in [9.17, 15) is 9.59 Å². The monoisotopic (exact) mass is 344 g/mol. The number of amides is 3. The molecule has 0 saturated carbocycles. The maximum absolute atomic E-state index is 12.6. The van der Waals surface area contributed by atoms with E-state index in [2.05, 4.69) is 34.7 Å². The molecule has 6 heteroatoms. The lowest BCUT2D eigenvalue weighted by atomic mass is 9.97. The summed E-state index contributed by atoms with van der Waals surface area (Å²) in [6, 6.07) is 6.01. The molecular formula is C19H28N4O2. The first-order valence-corrected chi connectivity index (χ1v) is 9.26. The molecule has 2 aliphatic rings. The molecule has 0 bridgehead atoms. The van der Waals surface area contributed by atoms with Crippen LogP contribution in [0.1, 0.15) is 31.7 Å². The number of anilines is 2. The van der Waals surface area contributed by atoms with Crippen molar-refractivity contribution in [1.29, 1.82) is 0 Å². The molecular weight excluding hydrogens is 316 g/mol. The zero-order valence-electron chi connectivity index (χ0n) is 15.2. The number of urea groups is 1. The van der Waals surface area contributed by atoms with E-state index in [1.165, 1.54) is 11.3 Å². The number of aryl methyl sites for hydroxylation is 1. The van der Waals surface area contributed by atoms with Gasteiger partial charge in [-0.1, -0.05) is 0 Å². The van der Waals surface area contributed by atoms with Crippen LogP contribution in [-0.4, -0.2) is 50.1 Å². The third-order valence-corrected chi connectivity index (χ3v) is 5.11. The molecule has 6 nitrogen and oxygen atoms in total. The molecule has 1 fully saturated rings. The number of hydrogen-bond donors (Lipinski definition) is 2. The Morgan fingerprint density at radius 2 is 2.08 bits per heavy atom. The maximum Gasteiger partial charge on any atom is 0.321 e. The largest absolute Gasteiger partial charge is 0.374 e. The summed E-state index contributed by atoms with van der Waals surface area (Å²) in [7, 11) is 2.10. The molecule has 1 saturated heterocycles. The van der Waals surface area contributed by atoms with Crippen molar-refractivity contribution < 1.29 is 9.59 Å². The highest BCUT2D eigenvalue weighted by Gasteiger charge is 2.28. The first-order chi connectivity index (χ1) is 12.1. The Labute approximate surface area is 149 Å². The predicted molar refractivity (Wildman–Crippen MR) is 100 cm³/mol. The number of fused-ring (bicyclic) bond motifs is 1. The van der Waals surface area contributed by atoms with E-state index in [1.54, 1.807) is 4.90 Å². The minimum absolute atomic E-state index is 0.0526. The summed E-state index contributed by atoms with van der Waals surface area (Å²) in [5.41, 5.74) is 3.36. The topological polar surface area (TPSA) is 64.7 Å². The third kappa shape index (κ3) is 4.06. The zero-order valence-corrected chi connectivity index (χ0v) is 15.2. The number of carbonyl (C=O) groups excluding carboxylic acids is 2. The van der Waals surface area contributed by atoms with Crippen LogP contribution in [-0.2, 0) is 11.2 Å². The van der Waals surface area contributed by atoms with Crippen molar-refractivity contribution in [2.45, 2.75) is 32.6 Å². The number of rotatable bonds is 3. The highest BCUT2D eigenvalue weighted by Crippen LogP contribution is 2.28. The second-order valence-corrected chi connectivity index (χ2v) is 6.98. The summed E-state index contributed by atoms with van der Waals surface area (Å²) in [6.07, 6.45) is 3.90. The van der Waals surface area contributed by atoms with Gasteiger partial charge in [-0.25, -0.2) is 4.79 Å². The van der Waals surface area contributed by atoms with Crippen LogP contribution in [0.4, 0.5) is 16.2 Å². The minimum atomic E-state index is -0.113. The second kappa shape index (κ2) is 7.76. The van der Waals surface area contributed by atoms with E-state index in [1.807, 2.05) is 13.0 Å². The van der Waals surface area contributed by atoms with Gasteiger partial charge >= 0.3 is 6.03 Å². The summed E-state index contributed by atoms with van der Waals surface area (Å²) in [5, 5.41) is 5.87. The van der Waals surface area contributed by atoms with Crippen LogP contribution in [0.3, 0.4) is 0 Å². The highest BCUT2D eigenvalue weighted by molar-refractivity contribution is 5.90. The summed E-state index contributed by atoms with van der Waals surface area (Å²) < 4.78 is 0. The Balaban J connectivity index is 1.63. The summed E-state index contributed by atoms with van der Waals surface area (Å²) in [6.45, 7) is 4.82. The molecule has 0 aliphatic carbocycles. The number of likely N-dealkylation sites (tertiary alicyclic amines) is 1. The van der Waals surface area contributed by atoms with Crippen LogP contribution >= 0.6 is 0 Å². The molecule has 3 rings (SSSR count). The van der Waals surface area contributed by atoms with Crippen molar-refractivity contribution in [3.05, 3.63) is 23.8 Å². The highest BCUT2D eigenvalue weighted by atomic mass is 16.2. The molecule has 1 aromatic carbocycles. The van der Waals surface area contributed by atoms with Crippen LogP contribution in [0.2, 0.25) is 0 Å². The van der Waals surface area contributed by atoms with Crippen LogP contribution in [0.5, 0.6) is 0 Å². The van der Waals surface area contributed by atoms with E-state index in [0.29, 0.717) is 19.6 Å². The molecule has 2 aliphatic heterocycles. The molecule has 1 atom stereocenters. The molecule has 2 heterocycles. The number of carbonyl (C=O) groups is 2. The fraction of sp³-hybridized carbons (Fsp3) is 0.579. The lowest BCUT2D eigenvalue weighted by Gasteiger charge is -2.32. The zero-order chi connectivity index (χ0) is 17.8. The number of benzene rings is 1. The Hall–Kier alpha value is -2.24. The van der Waals surface area contributed by atoms with Crippen molar-refractivity contribution >= 4 is 23.3 Å². The lowest BCUT2D eigenvalue weighted by molar-refractivity contribution is -0.126. The van der Waals surface area contributed by atoms with Gasteiger partial charge in [0.1, 0.15) is 0 Å². The predicted octanol–water partition coefficient (Wildman–Crippen LogP) is 2.45. The molecule has 2 N–H and O–H groups in total. The van der Waals surface area contributed by atoms with Gasteiger partial charge in [0.05, 0.1) is 5.92 Å². The number of nitrogens with zero attached hydrogens (tertiary/aromatic N) is 2. The summed E-state index contributed by atoms with van der Waals surface area (Å²) in [5.74, 6) is -0.0477. The molecule has 1 aromatic rings. The second-order valence-electron chi connectivity index (χ2n) is 6.98. The van der Waals surface area contributed by atoms with Gasteiger partial charge in [0.25, 0.3) is 0 Å². The fourth-order valence-electron chi connectivity index (χ4n) is 3.76. The Morgan fingerprint density at radius 3 is 2.88 bits per heavy atom. The number of piperidine rings is 1. The van der Waals surface area contributed by atoms with Crippen molar-refractivity contribution in [2.75, 3.05) is 43.4 Å². The number of hydrogen-bond acceptors (Lipinski definition) is 3. The van der Waals surface area contributed by atoms with Gasteiger partial charge in [0, 0.05) is 44.6 Å². The summed E-state index contributed by atoms with van der Waals surface area (Å²) >= 11 is 0. The molecule has 136 valence electrons. The summed E-state index contributed by atoms with van der Waals surface area (Å²) in [4.78, 5) is 28.7. The smallest absolute Gasteiger partial charge is 0.321 e. The van der Waals surface area contributed by atoms with Gasteiger partial charge in [-0.15, -0.1) is 0 Å². The van der Waals surface area contributed by atoms with Gasteiger partial charge in [0.2, 0.25) is 5.91 Å². The van der Waals surface area contributed by atoms with Crippen LogP contribution in [0.25, 0.3) is 0 Å². The molecule has 25 heavy (non-hydrogen) atoms. The van der Waals surface area contributed by atoms with Gasteiger partial charge in [-0.3, -0.25) is 4.79 Å². The van der Waals surface area contributed by atoms with Gasteiger partial charge < -0.3 is 20.4 Å². The maximum atomic E-state index is 12.6. The van der Waals surface area contributed by atoms with E-state index in [4.69, 9.17) is 0 Å². The average molecular weight is 344 g/mol. The normalized spacial score (nSPS) is 20.0. The molecule has 0 aromatic heterocycles. The molecule has 0 unspecified atom stereocenters. The van der Waals surface area contributed by atoms with Gasteiger partial charge in [0.15, 0.2) is 0 Å². The van der Waals surface area contributed by atoms with Gasteiger partial charge in [-0.2, -0.15) is 0 Å². The molecule has 0 radical (unpaired) electrons. The number of nitrogens with one attached hydrogen (secondary N) is 2. The van der Waals surface area contributed by atoms with E-state index in [0.717, 1.165) is 37.9 Å². The van der Waals surface area contributed by atoms with E-state index < -0.39 is 0 Å². The average Bonchev–Trinajstić information content (AvgIpc) is 2.62. The first kappa shape index (κ1) is 17.6. The standard InChI is InChI=1S/C19H28N4O2/c1-3-20-18(24)15-7-5-11-23(13-15)19(25)21-16-8-9-17-14(12-16)6-4-10-22(17)2/h8-9,12,15H,3-7,10-11,13H2,1-2H3,(H,20,24)(H,21,25)/t15-/m0/s1. The van der Waals surface area contributed by atoms with Crippen LogP contribution in [0.15, 0.2) is 18.2 Å². The van der Waals surface area contributed by atoms with Crippen LogP contribution < -0.4 is 15.5 Å². The SMILES string of the molecule is CCNC(=O)[C@H]1CCCN(C(=O)Nc2ccc3c(c2)CCCN3C)C1. The Bertz CT molecular complexity index is 646. The van der Waals surface area contributed by atoms with E-state index >= 15 is 0 Å². The minimum Gasteiger partial charge on any atom is -0.374 e. The first-order valence-electron chi connectivity index (χ1n) is 9.26. The lowest BCUT2D eigenvalue weighted by Crippen LogP contribution is -2.46.